The summed E-state index contributed by atoms with van der Waals surface area (Å²) in [6.07, 6.45) is 1.70. The molecule has 1 N–H and O–H groups in total. The van der Waals surface area contributed by atoms with Crippen LogP contribution in [0.4, 0.5) is 4.39 Å². The molecule has 3 aromatic heterocycles. The van der Waals surface area contributed by atoms with Gasteiger partial charge in [-0.25, -0.2) is 4.39 Å². The van der Waals surface area contributed by atoms with Crippen molar-refractivity contribution >= 4 is 27.9 Å². The number of hydrogen-bond acceptors (Lipinski definition) is 5. The van der Waals surface area contributed by atoms with E-state index in [1.807, 2.05) is 6.92 Å². The number of hydrogen-bond donors (Lipinski definition) is 1. The van der Waals surface area contributed by atoms with Crippen molar-refractivity contribution in [2.24, 2.45) is 0 Å². The molecule has 0 spiro atoms. The molecule has 0 atom stereocenters. The highest BCUT2D eigenvalue weighted by Crippen LogP contribution is 2.30. The fraction of sp³-hybridized carbons (Fsp3) is 0.0769. The molecule has 0 radical (unpaired) electrons. The molecule has 3 heterocycles. The Morgan fingerprint density at radius 1 is 1.27 bits per heavy atom. The standard InChI is InChI=1S/C13H8ClFN6S/c1-6-9(5-16-17-6)12-20-21-11(18-19-13(21)22-12)8-3-2-7(14)4-10(8)15/h2-5H,1H3,(H,16,17). The lowest BCUT2D eigenvalue weighted by atomic mass is 10.2. The number of nitrogens with one attached hydrogen (secondary N) is 1. The number of aromatic amines is 1. The second-order valence-electron chi connectivity index (χ2n) is 4.66. The summed E-state index contributed by atoms with van der Waals surface area (Å²) in [5.41, 5.74) is 2.10. The van der Waals surface area contributed by atoms with Crippen molar-refractivity contribution in [1.82, 2.24) is 30.0 Å². The minimum absolute atomic E-state index is 0.303. The lowest BCUT2D eigenvalue weighted by Crippen LogP contribution is -1.93. The second-order valence-corrected chi connectivity index (χ2v) is 6.05. The van der Waals surface area contributed by atoms with Crippen LogP contribution in [0.15, 0.2) is 24.4 Å². The number of nitrogens with zero attached hydrogens (tertiary/aromatic N) is 5. The Kier molecular flexibility index (Phi) is 2.95. The zero-order valence-corrected chi connectivity index (χ0v) is 12.8. The number of aromatic nitrogens is 6. The summed E-state index contributed by atoms with van der Waals surface area (Å²) in [5.74, 6) is -0.122. The molecule has 4 rings (SSSR count). The van der Waals surface area contributed by atoms with E-state index in [2.05, 4.69) is 25.5 Å². The molecule has 0 aliphatic rings. The Hall–Kier alpha value is -2.32. The number of benzene rings is 1. The van der Waals surface area contributed by atoms with Crippen LogP contribution in [0.1, 0.15) is 5.69 Å². The van der Waals surface area contributed by atoms with E-state index >= 15 is 0 Å². The summed E-state index contributed by atoms with van der Waals surface area (Å²) in [6, 6.07) is 4.41. The highest BCUT2D eigenvalue weighted by Gasteiger charge is 2.18. The van der Waals surface area contributed by atoms with Crippen molar-refractivity contribution in [3.63, 3.8) is 0 Å². The van der Waals surface area contributed by atoms with Crippen LogP contribution in [0.25, 0.3) is 26.9 Å². The van der Waals surface area contributed by atoms with Crippen LogP contribution in [0.2, 0.25) is 5.02 Å². The number of H-pyrrole nitrogens is 1. The molecule has 110 valence electrons. The van der Waals surface area contributed by atoms with Crippen LogP contribution in [0.3, 0.4) is 0 Å². The van der Waals surface area contributed by atoms with Crippen molar-refractivity contribution in [3.05, 3.63) is 40.9 Å². The first kappa shape index (κ1) is 13.4. The molecule has 0 aliphatic heterocycles. The van der Waals surface area contributed by atoms with Gasteiger partial charge in [0.15, 0.2) is 10.8 Å². The number of aryl methyl sites for hydroxylation is 1. The van der Waals surface area contributed by atoms with Gasteiger partial charge in [0.25, 0.3) is 0 Å². The molecular formula is C13H8ClFN6S. The van der Waals surface area contributed by atoms with Gasteiger partial charge < -0.3 is 0 Å². The highest BCUT2D eigenvalue weighted by molar-refractivity contribution is 7.19. The molecule has 4 aromatic rings. The van der Waals surface area contributed by atoms with Gasteiger partial charge in [-0.05, 0) is 25.1 Å². The van der Waals surface area contributed by atoms with E-state index in [0.717, 1.165) is 16.3 Å². The molecule has 0 aliphatic carbocycles. The minimum atomic E-state index is -0.462. The Morgan fingerprint density at radius 3 is 2.86 bits per heavy atom. The lowest BCUT2D eigenvalue weighted by Gasteiger charge is -1.99. The summed E-state index contributed by atoms with van der Waals surface area (Å²) in [5, 5.41) is 20.5. The normalized spacial score (nSPS) is 11.4. The Bertz CT molecular complexity index is 988. The van der Waals surface area contributed by atoms with Crippen molar-refractivity contribution in [1.29, 1.82) is 0 Å². The summed E-state index contributed by atoms with van der Waals surface area (Å²) in [6.45, 7) is 1.91. The number of fused-ring (bicyclic) bond motifs is 1. The predicted molar refractivity (Wildman–Crippen MR) is 81.4 cm³/mol. The molecule has 0 bridgehead atoms. The van der Waals surface area contributed by atoms with E-state index in [4.69, 9.17) is 11.6 Å². The van der Waals surface area contributed by atoms with Crippen molar-refractivity contribution in [2.75, 3.05) is 0 Å². The van der Waals surface area contributed by atoms with Crippen molar-refractivity contribution < 1.29 is 4.39 Å². The maximum Gasteiger partial charge on any atom is 0.235 e. The van der Waals surface area contributed by atoms with Gasteiger partial charge >= 0.3 is 0 Å². The van der Waals surface area contributed by atoms with Gasteiger partial charge in [-0.1, -0.05) is 22.9 Å². The van der Waals surface area contributed by atoms with Gasteiger partial charge in [-0.15, -0.1) is 10.2 Å². The molecular weight excluding hydrogens is 327 g/mol. The van der Waals surface area contributed by atoms with Gasteiger partial charge in [0.2, 0.25) is 4.96 Å². The number of rotatable bonds is 2. The maximum atomic E-state index is 14.1. The fourth-order valence-electron chi connectivity index (χ4n) is 2.13. The van der Waals surface area contributed by atoms with Crippen LogP contribution in [0.5, 0.6) is 0 Å². The molecule has 22 heavy (non-hydrogen) atoms. The molecule has 6 nitrogen and oxygen atoms in total. The van der Waals surface area contributed by atoms with Gasteiger partial charge in [0, 0.05) is 10.7 Å². The molecule has 0 saturated carbocycles. The Labute approximate surface area is 132 Å². The predicted octanol–water partition coefficient (Wildman–Crippen LogP) is 3.34. The zero-order chi connectivity index (χ0) is 15.3. The van der Waals surface area contributed by atoms with Crippen LogP contribution in [-0.4, -0.2) is 30.0 Å². The van der Waals surface area contributed by atoms with E-state index in [-0.39, 0.29) is 0 Å². The SMILES string of the molecule is Cc1[nH]ncc1-c1nn2c(-c3ccc(Cl)cc3F)nnc2s1. The molecule has 9 heteroatoms. The van der Waals surface area contributed by atoms with E-state index in [1.165, 1.54) is 21.9 Å². The number of halogens is 2. The maximum absolute atomic E-state index is 14.1. The first-order chi connectivity index (χ1) is 10.6. The first-order valence-electron chi connectivity index (χ1n) is 6.31. The van der Waals surface area contributed by atoms with Crippen molar-refractivity contribution in [2.45, 2.75) is 6.92 Å². The minimum Gasteiger partial charge on any atom is -0.282 e. The summed E-state index contributed by atoms with van der Waals surface area (Å²) in [7, 11) is 0. The average Bonchev–Trinajstić information content (AvgIpc) is 3.14. The average molecular weight is 335 g/mol. The summed E-state index contributed by atoms with van der Waals surface area (Å²) < 4.78 is 15.6. The van der Waals surface area contributed by atoms with Crippen molar-refractivity contribution in [3.8, 4) is 22.0 Å². The molecule has 1 aromatic carbocycles. The van der Waals surface area contributed by atoms with Gasteiger partial charge in [0.1, 0.15) is 5.82 Å². The van der Waals surface area contributed by atoms with E-state index in [1.54, 1.807) is 18.3 Å². The summed E-state index contributed by atoms with van der Waals surface area (Å²) >= 11 is 7.14. The van der Waals surface area contributed by atoms with E-state index in [0.29, 0.717) is 21.4 Å². The fourth-order valence-corrected chi connectivity index (χ4v) is 3.20. The quantitative estimate of drug-likeness (QED) is 0.610. The topological polar surface area (TPSA) is 71.8 Å². The first-order valence-corrected chi connectivity index (χ1v) is 7.51. The summed E-state index contributed by atoms with van der Waals surface area (Å²) in [4.78, 5) is 0.583. The van der Waals surface area contributed by atoms with Gasteiger partial charge in [-0.3, -0.25) is 5.10 Å². The molecule has 0 amide bonds. The Balaban J connectivity index is 1.89. The Morgan fingerprint density at radius 2 is 2.14 bits per heavy atom. The third-order valence-electron chi connectivity index (χ3n) is 3.22. The van der Waals surface area contributed by atoms with E-state index < -0.39 is 5.82 Å². The molecule has 0 unspecified atom stereocenters. The van der Waals surface area contributed by atoms with Crippen LogP contribution < -0.4 is 0 Å². The van der Waals surface area contributed by atoms with E-state index in [9.17, 15) is 4.39 Å². The smallest absolute Gasteiger partial charge is 0.235 e. The van der Waals surface area contributed by atoms with Gasteiger partial charge in [-0.2, -0.15) is 14.7 Å². The van der Waals surface area contributed by atoms with Crippen LogP contribution in [0, 0.1) is 12.7 Å². The molecule has 0 fully saturated rings. The highest BCUT2D eigenvalue weighted by atomic mass is 35.5. The third kappa shape index (κ3) is 1.99. The third-order valence-corrected chi connectivity index (χ3v) is 4.39. The van der Waals surface area contributed by atoms with Crippen LogP contribution >= 0.6 is 22.9 Å². The van der Waals surface area contributed by atoms with Crippen LogP contribution in [-0.2, 0) is 0 Å². The lowest BCUT2D eigenvalue weighted by molar-refractivity contribution is 0.629. The largest absolute Gasteiger partial charge is 0.282 e. The zero-order valence-electron chi connectivity index (χ0n) is 11.2. The second kappa shape index (κ2) is 4.85. The van der Waals surface area contributed by atoms with Gasteiger partial charge in [0.05, 0.1) is 17.3 Å². The molecule has 0 saturated heterocycles. The monoisotopic (exact) mass is 334 g/mol.